The summed E-state index contributed by atoms with van der Waals surface area (Å²) >= 11 is 0. The smallest absolute Gasteiger partial charge is 0.339 e. The maximum absolute atomic E-state index is 13.9. The third-order valence-electron chi connectivity index (χ3n) is 5.28. The maximum Gasteiger partial charge on any atom is 0.339 e. The van der Waals surface area contributed by atoms with Crippen molar-refractivity contribution in [1.82, 2.24) is 0 Å². The lowest BCUT2D eigenvalue weighted by Gasteiger charge is -2.21. The van der Waals surface area contributed by atoms with Crippen molar-refractivity contribution in [2.45, 2.75) is 41.5 Å². The molecule has 2 aromatic carbocycles. The standard InChI is InChI=1S/C26H29O6P/c1-14-9-16(3)22(17(4)10-14)25(29)33(20(24(28)32-8)13-21(27)31-7)26(30)23-18(5)11-15(2)12-19(23)6/h9-13H,1-8H3. The van der Waals surface area contributed by atoms with Crippen LogP contribution in [0.25, 0.3) is 0 Å². The fourth-order valence-corrected chi connectivity index (χ4v) is 6.34. The molecule has 0 aliphatic carbocycles. The van der Waals surface area contributed by atoms with Crippen LogP contribution in [0.15, 0.2) is 35.7 Å². The van der Waals surface area contributed by atoms with Crippen LogP contribution in [0.2, 0.25) is 0 Å². The number of benzene rings is 2. The van der Waals surface area contributed by atoms with Gasteiger partial charge in [0.25, 0.3) is 0 Å². The van der Waals surface area contributed by atoms with Crippen molar-refractivity contribution in [2.75, 3.05) is 14.2 Å². The molecule has 174 valence electrons. The Hall–Kier alpha value is -3.11. The van der Waals surface area contributed by atoms with E-state index in [1.807, 2.05) is 38.1 Å². The highest BCUT2D eigenvalue weighted by atomic mass is 31.1. The Kier molecular flexibility index (Phi) is 8.45. The molecule has 0 fully saturated rings. The SMILES string of the molecule is COC(=O)C=C(C(=O)OC)P(C(=O)c1c(C)cc(C)cc1C)C(=O)c1c(C)cc(C)cc1C. The first-order valence-corrected chi connectivity index (χ1v) is 11.7. The predicted octanol–water partition coefficient (Wildman–Crippen LogP) is 5.23. The van der Waals surface area contributed by atoms with E-state index in [1.165, 1.54) is 0 Å². The van der Waals surface area contributed by atoms with Crippen LogP contribution in [-0.4, -0.2) is 37.2 Å². The molecule has 0 amide bonds. The molecule has 6 nitrogen and oxygen atoms in total. The van der Waals surface area contributed by atoms with Gasteiger partial charge in [-0.05, 0) is 63.8 Å². The van der Waals surface area contributed by atoms with Gasteiger partial charge in [0.1, 0.15) is 0 Å². The van der Waals surface area contributed by atoms with Crippen LogP contribution < -0.4 is 0 Å². The molecule has 0 spiro atoms. The quantitative estimate of drug-likeness (QED) is 0.314. The van der Waals surface area contributed by atoms with Gasteiger partial charge in [-0.2, -0.15) is 0 Å². The van der Waals surface area contributed by atoms with Crippen LogP contribution in [-0.2, 0) is 19.1 Å². The summed E-state index contributed by atoms with van der Waals surface area (Å²) in [6, 6.07) is 7.40. The number of aryl methyl sites for hydroxylation is 6. The summed E-state index contributed by atoms with van der Waals surface area (Å²) in [5, 5.41) is -0.298. The minimum absolute atomic E-state index is 0.298. The third kappa shape index (κ3) is 5.63. The topological polar surface area (TPSA) is 86.7 Å². The van der Waals surface area contributed by atoms with Crippen molar-refractivity contribution in [3.8, 4) is 0 Å². The van der Waals surface area contributed by atoms with Crippen molar-refractivity contribution < 1.29 is 28.7 Å². The summed E-state index contributed by atoms with van der Waals surface area (Å²) < 4.78 is 9.55. The fourth-order valence-electron chi connectivity index (χ4n) is 4.06. The highest BCUT2D eigenvalue weighted by Gasteiger charge is 2.39. The zero-order valence-corrected chi connectivity index (χ0v) is 21.2. The molecule has 0 aliphatic rings. The second-order valence-corrected chi connectivity index (χ2v) is 10.0. The minimum atomic E-state index is -2.46. The van der Waals surface area contributed by atoms with Crippen molar-refractivity contribution in [3.63, 3.8) is 0 Å². The highest BCUT2D eigenvalue weighted by Crippen LogP contribution is 2.52. The molecule has 0 heterocycles. The predicted molar refractivity (Wildman–Crippen MR) is 129 cm³/mol. The number of methoxy groups -OCH3 is 2. The van der Waals surface area contributed by atoms with E-state index < -0.39 is 30.9 Å². The molecule has 0 radical (unpaired) electrons. The number of carbonyl (C=O) groups is 4. The molecule has 0 saturated carbocycles. The number of carbonyl (C=O) groups excluding carboxylic acids is 4. The van der Waals surface area contributed by atoms with Crippen molar-refractivity contribution >= 4 is 30.9 Å². The number of ether oxygens (including phenoxy) is 2. The van der Waals surface area contributed by atoms with Gasteiger partial charge in [-0.3, -0.25) is 9.59 Å². The summed E-state index contributed by atoms with van der Waals surface area (Å²) in [4.78, 5) is 52.7. The van der Waals surface area contributed by atoms with Gasteiger partial charge in [-0.15, -0.1) is 0 Å². The molecule has 7 heteroatoms. The molecule has 33 heavy (non-hydrogen) atoms. The molecule has 2 rings (SSSR count). The fraction of sp³-hybridized carbons (Fsp3) is 0.308. The van der Waals surface area contributed by atoms with Crippen molar-refractivity contribution in [2.24, 2.45) is 0 Å². The average Bonchev–Trinajstić information content (AvgIpc) is 2.70. The van der Waals surface area contributed by atoms with Gasteiger partial charge < -0.3 is 9.47 Å². The lowest BCUT2D eigenvalue weighted by molar-refractivity contribution is -0.137. The van der Waals surface area contributed by atoms with Crippen molar-refractivity contribution in [3.05, 3.63) is 80.2 Å². The molecule has 2 aromatic rings. The van der Waals surface area contributed by atoms with Crippen LogP contribution in [0.3, 0.4) is 0 Å². The normalized spacial score (nSPS) is 11.4. The Morgan fingerprint density at radius 2 is 1.03 bits per heavy atom. The van der Waals surface area contributed by atoms with E-state index in [1.54, 1.807) is 27.7 Å². The molecule has 0 bridgehead atoms. The summed E-state index contributed by atoms with van der Waals surface area (Å²) in [7, 11) is -0.164. The van der Waals surface area contributed by atoms with E-state index in [0.717, 1.165) is 31.4 Å². The second-order valence-electron chi connectivity index (χ2n) is 8.04. The van der Waals surface area contributed by atoms with Gasteiger partial charge in [0.2, 0.25) is 0 Å². The molecule has 0 unspecified atom stereocenters. The zero-order valence-electron chi connectivity index (χ0n) is 20.3. The average molecular weight is 468 g/mol. The van der Waals surface area contributed by atoms with Gasteiger partial charge in [-0.25, -0.2) is 9.59 Å². The Balaban J connectivity index is 2.86. The molecule has 0 aromatic heterocycles. The Morgan fingerprint density at radius 3 is 1.33 bits per heavy atom. The van der Waals surface area contributed by atoms with Gasteiger partial charge in [0.05, 0.1) is 27.5 Å². The molecular formula is C26H29O6P. The van der Waals surface area contributed by atoms with Gasteiger partial charge in [0.15, 0.2) is 11.0 Å². The summed E-state index contributed by atoms with van der Waals surface area (Å²) in [5.74, 6) is -1.77. The zero-order chi connectivity index (χ0) is 25.0. The molecular weight excluding hydrogens is 439 g/mol. The van der Waals surface area contributed by atoms with Crippen LogP contribution in [0.4, 0.5) is 0 Å². The number of hydrogen-bond acceptors (Lipinski definition) is 6. The Labute approximate surface area is 195 Å². The number of rotatable bonds is 7. The van der Waals surface area contributed by atoms with Crippen LogP contribution >= 0.6 is 7.92 Å². The maximum atomic E-state index is 13.9. The number of esters is 2. The Morgan fingerprint density at radius 1 is 0.667 bits per heavy atom. The van der Waals surface area contributed by atoms with Gasteiger partial charge >= 0.3 is 11.9 Å². The van der Waals surface area contributed by atoms with Gasteiger partial charge in [-0.1, -0.05) is 35.4 Å². The van der Waals surface area contributed by atoms with E-state index in [-0.39, 0.29) is 5.31 Å². The summed E-state index contributed by atoms with van der Waals surface area (Å²) in [6.07, 6.45) is 0.894. The van der Waals surface area contributed by atoms with E-state index in [9.17, 15) is 19.2 Å². The Bertz CT molecular complexity index is 1060. The minimum Gasteiger partial charge on any atom is -0.466 e. The first-order valence-electron chi connectivity index (χ1n) is 10.3. The largest absolute Gasteiger partial charge is 0.466 e. The molecule has 0 atom stereocenters. The monoisotopic (exact) mass is 468 g/mol. The van der Waals surface area contributed by atoms with E-state index in [2.05, 4.69) is 4.74 Å². The van der Waals surface area contributed by atoms with E-state index in [4.69, 9.17) is 4.74 Å². The van der Waals surface area contributed by atoms with Crippen LogP contribution in [0, 0.1) is 41.5 Å². The molecule has 0 saturated heterocycles. The lowest BCUT2D eigenvalue weighted by atomic mass is 10.0. The highest BCUT2D eigenvalue weighted by molar-refractivity contribution is 7.94. The number of hydrogen-bond donors (Lipinski definition) is 0. The molecule has 0 aliphatic heterocycles. The second kappa shape index (κ2) is 10.7. The summed E-state index contributed by atoms with van der Waals surface area (Å²) in [6.45, 7) is 11.0. The first kappa shape index (κ1) is 26.1. The molecule has 0 N–H and O–H groups in total. The van der Waals surface area contributed by atoms with Crippen LogP contribution in [0.5, 0.6) is 0 Å². The first-order chi connectivity index (χ1) is 15.4. The third-order valence-corrected chi connectivity index (χ3v) is 7.33. The lowest BCUT2D eigenvalue weighted by Crippen LogP contribution is -2.18. The van der Waals surface area contributed by atoms with Crippen LogP contribution in [0.1, 0.15) is 54.1 Å². The van der Waals surface area contributed by atoms with E-state index in [0.29, 0.717) is 33.4 Å². The van der Waals surface area contributed by atoms with Crippen molar-refractivity contribution in [1.29, 1.82) is 0 Å². The van der Waals surface area contributed by atoms with E-state index >= 15 is 0 Å². The van der Waals surface area contributed by atoms with Gasteiger partial charge in [0, 0.05) is 17.2 Å². The summed E-state index contributed by atoms with van der Waals surface area (Å²) in [5.41, 5.74) is 4.42.